The molecule has 10 heteroatoms. The first kappa shape index (κ1) is 39.3. The van der Waals surface area contributed by atoms with Crippen LogP contribution in [0.25, 0.3) is 0 Å². The Hall–Kier alpha value is -3.11. The molecule has 1 fully saturated rings. The number of benzene rings is 1. The van der Waals surface area contributed by atoms with E-state index in [9.17, 15) is 19.2 Å². The normalized spacial score (nSPS) is 18.4. The number of likely N-dealkylation sites (tertiary alicyclic amines) is 1. The van der Waals surface area contributed by atoms with Crippen molar-refractivity contribution in [2.24, 2.45) is 17.8 Å². The van der Waals surface area contributed by atoms with Gasteiger partial charge in [-0.25, -0.2) is 4.98 Å². The highest BCUT2D eigenvalue weighted by atomic mass is 32.1. The van der Waals surface area contributed by atoms with E-state index in [4.69, 9.17) is 4.74 Å². The van der Waals surface area contributed by atoms with Crippen molar-refractivity contribution in [3.8, 4) is 0 Å². The van der Waals surface area contributed by atoms with Crippen LogP contribution in [-0.2, 0) is 25.5 Å². The topological polar surface area (TPSA) is 109 Å². The second-order valence-electron chi connectivity index (χ2n) is 14.0. The number of thiazole rings is 1. The van der Waals surface area contributed by atoms with Gasteiger partial charge in [0, 0.05) is 49.7 Å². The number of ether oxygens (including phenoxy) is 1. The quantitative estimate of drug-likeness (QED) is 0.171. The number of rotatable bonds is 18. The van der Waals surface area contributed by atoms with Crippen LogP contribution < -0.4 is 5.32 Å². The van der Waals surface area contributed by atoms with Crippen LogP contribution in [0.2, 0.25) is 0 Å². The summed E-state index contributed by atoms with van der Waals surface area (Å²) in [5.74, 6) is -0.939. The Labute approximate surface area is 292 Å². The Kier molecular flexibility index (Phi) is 15.7. The van der Waals surface area contributed by atoms with E-state index in [1.807, 2.05) is 56.1 Å². The number of piperidine rings is 1. The summed E-state index contributed by atoms with van der Waals surface area (Å²) in [4.78, 5) is 62.4. The van der Waals surface area contributed by atoms with Crippen molar-refractivity contribution >= 4 is 34.9 Å². The SMILES string of the molecule is CCCN(C(=O)[C@@H](CC(=O)[C@H]1CCCCN1C)[C@@H](C)CC)[C@H](C[C@@H](OC(C)=O)c1nc(C(=O)N[C@H](C)Cc2ccccc2)cs1)C(C)C. The van der Waals surface area contributed by atoms with Crippen molar-refractivity contribution in [2.75, 3.05) is 20.1 Å². The van der Waals surface area contributed by atoms with E-state index in [1.54, 1.807) is 5.38 Å². The molecule has 0 saturated carbocycles. The number of carbonyl (C=O) groups excluding carboxylic acids is 4. The van der Waals surface area contributed by atoms with Crippen LogP contribution in [0, 0.1) is 17.8 Å². The molecule has 2 heterocycles. The van der Waals surface area contributed by atoms with E-state index in [1.165, 1.54) is 18.3 Å². The molecule has 1 aliphatic rings. The van der Waals surface area contributed by atoms with Gasteiger partial charge in [0.1, 0.15) is 10.7 Å². The minimum Gasteiger partial charge on any atom is -0.455 e. The maximum absolute atomic E-state index is 14.5. The van der Waals surface area contributed by atoms with Gasteiger partial charge in [0.15, 0.2) is 11.9 Å². The molecule has 2 amide bonds. The molecule has 0 bridgehead atoms. The van der Waals surface area contributed by atoms with E-state index in [-0.39, 0.29) is 59.7 Å². The monoisotopic (exact) mass is 682 g/mol. The Morgan fingerprint density at radius 1 is 1.08 bits per heavy atom. The molecule has 48 heavy (non-hydrogen) atoms. The zero-order valence-corrected chi connectivity index (χ0v) is 31.2. The molecular formula is C38H58N4O5S. The Balaban J connectivity index is 1.83. The van der Waals surface area contributed by atoms with Crippen LogP contribution in [-0.4, -0.2) is 76.6 Å². The molecule has 2 aromatic rings. The number of aromatic nitrogens is 1. The highest BCUT2D eigenvalue weighted by molar-refractivity contribution is 7.09. The number of ketones is 1. The number of hydrogen-bond acceptors (Lipinski definition) is 8. The number of amides is 2. The Morgan fingerprint density at radius 3 is 2.40 bits per heavy atom. The van der Waals surface area contributed by atoms with E-state index < -0.39 is 18.0 Å². The standard InChI is InChI=1S/C38H58N4O5S/c1-9-19-42(38(46)30(26(5)10-2)22-34(44)32-18-14-15-20-41(32)8)33(25(3)4)23-35(47-28(7)43)37-40-31(24-48-37)36(45)39-27(6)21-29-16-12-11-13-17-29/h11-13,16-17,24-27,30,32-33,35H,9-10,14-15,18-23H2,1-8H3,(H,39,45)/t26-,27+,30-,32+,33+,35+/m0/s1. The second-order valence-corrected chi connectivity index (χ2v) is 14.9. The molecule has 1 aliphatic heterocycles. The number of nitrogens with zero attached hydrogens (tertiary/aromatic N) is 3. The predicted octanol–water partition coefficient (Wildman–Crippen LogP) is 6.87. The summed E-state index contributed by atoms with van der Waals surface area (Å²) in [6.45, 7) is 15.1. The lowest BCUT2D eigenvalue weighted by atomic mass is 9.82. The largest absolute Gasteiger partial charge is 0.455 e. The Bertz CT molecular complexity index is 1330. The van der Waals surface area contributed by atoms with E-state index >= 15 is 0 Å². The summed E-state index contributed by atoms with van der Waals surface area (Å²) in [7, 11) is 2.01. The van der Waals surface area contributed by atoms with E-state index in [0.717, 1.165) is 44.2 Å². The van der Waals surface area contributed by atoms with Gasteiger partial charge in [0.2, 0.25) is 5.91 Å². The van der Waals surface area contributed by atoms with Gasteiger partial charge in [-0.2, -0.15) is 0 Å². The molecule has 1 aromatic carbocycles. The fourth-order valence-electron chi connectivity index (χ4n) is 6.78. The zero-order chi connectivity index (χ0) is 35.4. The third-order valence-electron chi connectivity index (χ3n) is 9.68. The minimum atomic E-state index is -0.727. The molecule has 266 valence electrons. The maximum atomic E-state index is 14.5. The molecule has 1 N–H and O–H groups in total. The van der Waals surface area contributed by atoms with Crippen molar-refractivity contribution in [2.45, 2.75) is 124 Å². The third kappa shape index (κ3) is 11.2. The summed E-state index contributed by atoms with van der Waals surface area (Å²) < 4.78 is 5.84. The molecule has 9 nitrogen and oxygen atoms in total. The molecule has 3 rings (SSSR count). The van der Waals surface area contributed by atoms with Gasteiger partial charge in [-0.05, 0) is 63.6 Å². The lowest BCUT2D eigenvalue weighted by Crippen LogP contribution is -2.50. The van der Waals surface area contributed by atoms with Crippen molar-refractivity contribution in [1.82, 2.24) is 20.1 Å². The first-order valence-electron chi connectivity index (χ1n) is 17.9. The fourth-order valence-corrected chi connectivity index (χ4v) is 7.62. The molecule has 6 atom stereocenters. The van der Waals surface area contributed by atoms with Crippen molar-refractivity contribution < 1.29 is 23.9 Å². The average Bonchev–Trinajstić information content (AvgIpc) is 3.55. The zero-order valence-electron chi connectivity index (χ0n) is 30.4. The molecule has 1 aromatic heterocycles. The van der Waals surface area contributed by atoms with Crippen molar-refractivity contribution in [3.05, 3.63) is 52.0 Å². The van der Waals surface area contributed by atoms with Crippen LogP contribution in [0.4, 0.5) is 0 Å². The maximum Gasteiger partial charge on any atom is 0.303 e. The number of Topliss-reactive ketones (excluding diaryl/α,β-unsaturated/α-hetero) is 1. The third-order valence-corrected chi connectivity index (χ3v) is 10.6. The van der Waals surface area contributed by atoms with Gasteiger partial charge in [0.25, 0.3) is 5.91 Å². The van der Waals surface area contributed by atoms with Gasteiger partial charge >= 0.3 is 5.97 Å². The van der Waals surface area contributed by atoms with Crippen LogP contribution >= 0.6 is 11.3 Å². The smallest absolute Gasteiger partial charge is 0.303 e. The summed E-state index contributed by atoms with van der Waals surface area (Å²) >= 11 is 1.28. The van der Waals surface area contributed by atoms with Crippen LogP contribution in [0.1, 0.15) is 121 Å². The lowest BCUT2D eigenvalue weighted by molar-refractivity contribution is -0.150. The highest BCUT2D eigenvalue weighted by Crippen LogP contribution is 2.33. The summed E-state index contributed by atoms with van der Waals surface area (Å²) in [5.41, 5.74) is 1.41. The second kappa shape index (κ2) is 19.2. The minimum absolute atomic E-state index is 0.00935. The molecule has 0 radical (unpaired) electrons. The van der Waals surface area contributed by atoms with E-state index in [2.05, 4.69) is 42.9 Å². The summed E-state index contributed by atoms with van der Waals surface area (Å²) in [6, 6.07) is 9.48. The highest BCUT2D eigenvalue weighted by Gasteiger charge is 2.38. The number of likely N-dealkylation sites (N-methyl/N-ethyl adjacent to an activating group) is 1. The van der Waals surface area contributed by atoms with Crippen LogP contribution in [0.15, 0.2) is 35.7 Å². The first-order valence-corrected chi connectivity index (χ1v) is 18.7. The van der Waals surface area contributed by atoms with Gasteiger partial charge in [-0.1, -0.05) is 77.8 Å². The van der Waals surface area contributed by atoms with Crippen molar-refractivity contribution in [3.63, 3.8) is 0 Å². The molecule has 0 spiro atoms. The molecular weight excluding hydrogens is 625 g/mol. The van der Waals surface area contributed by atoms with Gasteiger partial charge < -0.3 is 15.0 Å². The van der Waals surface area contributed by atoms with Crippen LogP contribution in [0.5, 0.6) is 0 Å². The Morgan fingerprint density at radius 2 is 1.79 bits per heavy atom. The molecule has 1 saturated heterocycles. The number of carbonyl (C=O) groups is 4. The predicted molar refractivity (Wildman–Crippen MR) is 192 cm³/mol. The summed E-state index contributed by atoms with van der Waals surface area (Å²) in [6.07, 6.45) is 5.05. The van der Waals surface area contributed by atoms with Crippen LogP contribution in [0.3, 0.4) is 0 Å². The molecule has 0 aliphatic carbocycles. The number of esters is 1. The number of hydrogen-bond donors (Lipinski definition) is 1. The van der Waals surface area contributed by atoms with E-state index in [0.29, 0.717) is 24.4 Å². The first-order chi connectivity index (χ1) is 22.9. The van der Waals surface area contributed by atoms with Gasteiger partial charge in [-0.15, -0.1) is 11.3 Å². The summed E-state index contributed by atoms with van der Waals surface area (Å²) in [5, 5.41) is 5.25. The number of nitrogens with one attached hydrogen (secondary N) is 1. The fraction of sp³-hybridized carbons (Fsp3) is 0.658. The lowest BCUT2D eigenvalue weighted by Gasteiger charge is -2.39. The van der Waals surface area contributed by atoms with Gasteiger partial charge in [-0.3, -0.25) is 24.1 Å². The average molecular weight is 683 g/mol. The van der Waals surface area contributed by atoms with Crippen molar-refractivity contribution in [1.29, 1.82) is 0 Å². The molecule has 0 unspecified atom stereocenters. The van der Waals surface area contributed by atoms with Gasteiger partial charge in [0.05, 0.1) is 6.04 Å².